The summed E-state index contributed by atoms with van der Waals surface area (Å²) in [5.41, 5.74) is 0.803. The lowest BCUT2D eigenvalue weighted by Gasteiger charge is -2.33. The zero-order valence-corrected chi connectivity index (χ0v) is 18.8. The molecule has 0 radical (unpaired) electrons. The molecule has 2 heterocycles. The highest BCUT2D eigenvalue weighted by atomic mass is 35.5. The Balaban J connectivity index is 1.60. The van der Waals surface area contributed by atoms with Crippen LogP contribution >= 0.6 is 11.6 Å². The van der Waals surface area contributed by atoms with E-state index in [0.29, 0.717) is 33.8 Å². The first-order chi connectivity index (χ1) is 15.4. The van der Waals surface area contributed by atoms with Gasteiger partial charge in [-0.15, -0.1) is 0 Å². The quantitative estimate of drug-likeness (QED) is 0.463. The fourth-order valence-corrected chi connectivity index (χ4v) is 4.53. The van der Waals surface area contributed by atoms with E-state index in [0.717, 1.165) is 32.4 Å². The van der Waals surface area contributed by atoms with Gasteiger partial charge in [-0.05, 0) is 56.0 Å². The number of halogens is 2. The molecule has 1 aliphatic rings. The molecule has 7 heteroatoms. The average Bonchev–Trinajstić information content (AvgIpc) is 2.78. The van der Waals surface area contributed by atoms with Crippen LogP contribution in [0.5, 0.6) is 5.75 Å². The zero-order valence-electron chi connectivity index (χ0n) is 18.1. The molecule has 0 N–H and O–H groups in total. The highest BCUT2D eigenvalue weighted by Crippen LogP contribution is 2.34. The smallest absolute Gasteiger partial charge is 0.336 e. The minimum atomic E-state index is -0.662. The Hall–Kier alpha value is -2.86. The van der Waals surface area contributed by atoms with Gasteiger partial charge < -0.3 is 14.1 Å². The van der Waals surface area contributed by atoms with Crippen molar-refractivity contribution in [2.45, 2.75) is 39.2 Å². The molecule has 0 bridgehead atoms. The van der Waals surface area contributed by atoms with E-state index in [1.807, 2.05) is 4.90 Å². The molecule has 4 rings (SSSR count). The van der Waals surface area contributed by atoms with Crippen molar-refractivity contribution in [3.63, 3.8) is 0 Å². The molecule has 5 nitrogen and oxygen atoms in total. The maximum atomic E-state index is 13.5. The molecule has 168 valence electrons. The van der Waals surface area contributed by atoms with Gasteiger partial charge in [0.15, 0.2) is 6.10 Å². The van der Waals surface area contributed by atoms with E-state index in [9.17, 15) is 14.0 Å². The fraction of sp³-hybridized carbons (Fsp3) is 0.360. The number of likely N-dealkylation sites (tertiary alicyclic amines) is 1. The lowest BCUT2D eigenvalue weighted by atomic mass is 9.95. The lowest BCUT2D eigenvalue weighted by molar-refractivity contribution is -0.139. The number of benzene rings is 2. The Bertz CT molecular complexity index is 1210. The summed E-state index contributed by atoms with van der Waals surface area (Å²) in [6.07, 6.45) is 2.56. The van der Waals surface area contributed by atoms with E-state index >= 15 is 0 Å². The number of carbonyl (C=O) groups is 1. The zero-order chi connectivity index (χ0) is 22.8. The molecule has 1 aromatic heterocycles. The summed E-state index contributed by atoms with van der Waals surface area (Å²) in [6, 6.07) is 10.4. The van der Waals surface area contributed by atoms with Crippen LogP contribution < -0.4 is 10.4 Å². The van der Waals surface area contributed by atoms with Crippen LogP contribution in [0.2, 0.25) is 5.02 Å². The van der Waals surface area contributed by atoms with Gasteiger partial charge in [-0.25, -0.2) is 9.18 Å². The minimum Gasteiger partial charge on any atom is -0.481 e. The predicted octanol–water partition coefficient (Wildman–Crippen LogP) is 5.67. The number of fused-ring (bicyclic) bond motifs is 1. The minimum absolute atomic E-state index is 0.0449. The number of amides is 1. The molecule has 32 heavy (non-hydrogen) atoms. The van der Waals surface area contributed by atoms with Crippen molar-refractivity contribution in [1.82, 2.24) is 4.90 Å². The fourth-order valence-electron chi connectivity index (χ4n) is 4.26. The Labute approximate surface area is 190 Å². The first-order valence-corrected chi connectivity index (χ1v) is 11.2. The molecule has 1 amide bonds. The van der Waals surface area contributed by atoms with Gasteiger partial charge in [-0.1, -0.05) is 24.9 Å². The molecule has 0 spiro atoms. The highest BCUT2D eigenvalue weighted by Gasteiger charge is 2.27. The first-order valence-electron chi connectivity index (χ1n) is 10.8. The molecule has 2 aromatic carbocycles. The van der Waals surface area contributed by atoms with Gasteiger partial charge in [-0.2, -0.15) is 0 Å². The van der Waals surface area contributed by atoms with Crippen molar-refractivity contribution in [3.8, 4) is 16.9 Å². The highest BCUT2D eigenvalue weighted by molar-refractivity contribution is 6.33. The summed E-state index contributed by atoms with van der Waals surface area (Å²) in [5.74, 6) is 0.454. The Kier molecular flexibility index (Phi) is 6.51. The molecule has 1 saturated heterocycles. The normalized spacial score (nSPS) is 17.4. The van der Waals surface area contributed by atoms with Crippen molar-refractivity contribution in [2.24, 2.45) is 5.92 Å². The molecular weight excluding hydrogens is 433 g/mol. The third kappa shape index (κ3) is 4.65. The monoisotopic (exact) mass is 457 g/mol. The number of nitrogens with zero attached hydrogens (tertiary/aromatic N) is 1. The van der Waals surface area contributed by atoms with E-state index in [4.69, 9.17) is 20.8 Å². The number of carbonyl (C=O) groups excluding carboxylic acids is 1. The molecule has 1 aliphatic heterocycles. The Morgan fingerprint density at radius 2 is 2.06 bits per heavy atom. The molecule has 2 atom stereocenters. The standard InChI is InChI=1S/C25H25ClFNO4/c1-3-16-5-4-10-28(14-16)25(30)15(2)31-18-7-9-20-21(13-24(29)32-23(20)12-18)19-8-6-17(27)11-22(19)26/h6-9,11-13,15-16H,3-5,10,14H2,1-2H3. The van der Waals surface area contributed by atoms with Crippen molar-refractivity contribution in [1.29, 1.82) is 0 Å². The number of piperidine rings is 1. The second kappa shape index (κ2) is 9.33. The van der Waals surface area contributed by atoms with E-state index in [2.05, 4.69) is 6.92 Å². The summed E-state index contributed by atoms with van der Waals surface area (Å²) in [6.45, 7) is 5.39. The molecule has 0 saturated carbocycles. The number of ether oxygens (including phenoxy) is 1. The van der Waals surface area contributed by atoms with Gasteiger partial charge in [0.1, 0.15) is 17.1 Å². The van der Waals surface area contributed by atoms with Gasteiger partial charge in [0.2, 0.25) is 0 Å². The molecular formula is C25H25ClFNO4. The molecule has 0 aliphatic carbocycles. The Morgan fingerprint density at radius 3 is 2.81 bits per heavy atom. The lowest BCUT2D eigenvalue weighted by Crippen LogP contribution is -2.45. The Morgan fingerprint density at radius 1 is 1.25 bits per heavy atom. The van der Waals surface area contributed by atoms with Gasteiger partial charge in [-0.3, -0.25) is 4.79 Å². The largest absolute Gasteiger partial charge is 0.481 e. The SMILES string of the molecule is CCC1CCCN(C(=O)C(C)Oc2ccc3c(-c4ccc(F)cc4Cl)cc(=O)oc3c2)C1. The number of hydrogen-bond donors (Lipinski definition) is 0. The van der Waals surface area contributed by atoms with Crippen molar-refractivity contribution in [3.05, 3.63) is 63.7 Å². The van der Waals surface area contributed by atoms with Crippen LogP contribution in [0.1, 0.15) is 33.1 Å². The predicted molar refractivity (Wildman–Crippen MR) is 123 cm³/mol. The van der Waals surface area contributed by atoms with E-state index < -0.39 is 17.5 Å². The van der Waals surface area contributed by atoms with Crippen molar-refractivity contribution >= 4 is 28.5 Å². The van der Waals surface area contributed by atoms with Crippen molar-refractivity contribution < 1.29 is 18.3 Å². The van der Waals surface area contributed by atoms with Crippen LogP contribution in [-0.2, 0) is 4.79 Å². The van der Waals surface area contributed by atoms with Gasteiger partial charge >= 0.3 is 5.63 Å². The average molecular weight is 458 g/mol. The maximum Gasteiger partial charge on any atom is 0.336 e. The van der Waals surface area contributed by atoms with Crippen LogP contribution in [0.15, 0.2) is 51.7 Å². The first kappa shape index (κ1) is 22.3. The summed E-state index contributed by atoms with van der Waals surface area (Å²) >= 11 is 6.21. The van der Waals surface area contributed by atoms with Crippen LogP contribution in [-0.4, -0.2) is 30.0 Å². The van der Waals surface area contributed by atoms with Gasteiger partial charge in [0.05, 0.1) is 5.02 Å². The summed E-state index contributed by atoms with van der Waals surface area (Å²) in [7, 11) is 0. The van der Waals surface area contributed by atoms with Crippen LogP contribution in [0, 0.1) is 11.7 Å². The topological polar surface area (TPSA) is 59.8 Å². The number of hydrogen-bond acceptors (Lipinski definition) is 4. The van der Waals surface area contributed by atoms with Crippen LogP contribution in [0.25, 0.3) is 22.1 Å². The maximum absolute atomic E-state index is 13.5. The van der Waals surface area contributed by atoms with Crippen LogP contribution in [0.4, 0.5) is 4.39 Å². The van der Waals surface area contributed by atoms with Gasteiger partial charge in [0.25, 0.3) is 5.91 Å². The summed E-state index contributed by atoms with van der Waals surface area (Å²) in [4.78, 5) is 26.9. The van der Waals surface area contributed by atoms with E-state index in [1.165, 1.54) is 24.3 Å². The molecule has 2 unspecified atom stereocenters. The van der Waals surface area contributed by atoms with Crippen LogP contribution in [0.3, 0.4) is 0 Å². The van der Waals surface area contributed by atoms with E-state index in [1.54, 1.807) is 25.1 Å². The third-order valence-corrected chi connectivity index (χ3v) is 6.32. The summed E-state index contributed by atoms with van der Waals surface area (Å²) in [5, 5.41) is 0.828. The summed E-state index contributed by atoms with van der Waals surface area (Å²) < 4.78 is 24.7. The van der Waals surface area contributed by atoms with Crippen molar-refractivity contribution in [2.75, 3.05) is 13.1 Å². The van der Waals surface area contributed by atoms with Gasteiger partial charge in [0, 0.05) is 41.7 Å². The molecule has 1 fully saturated rings. The number of rotatable bonds is 5. The van der Waals surface area contributed by atoms with E-state index in [-0.39, 0.29) is 10.9 Å². The molecule has 3 aromatic rings. The second-order valence-electron chi connectivity index (χ2n) is 8.22. The third-order valence-electron chi connectivity index (χ3n) is 6.01. The second-order valence-corrected chi connectivity index (χ2v) is 8.63.